The Bertz CT molecular complexity index is 1680. The summed E-state index contributed by atoms with van der Waals surface area (Å²) < 4.78 is 28.2. The van der Waals surface area contributed by atoms with Crippen molar-refractivity contribution in [3.63, 3.8) is 0 Å². The molecule has 0 spiro atoms. The fourth-order valence-corrected chi connectivity index (χ4v) is 7.84. The number of ether oxygens (including phenoxy) is 5. The molecular formula is C41H53N5O7. The molecule has 12 nitrogen and oxygen atoms in total. The van der Waals surface area contributed by atoms with E-state index >= 15 is 0 Å². The largest absolute Gasteiger partial charge is 0.467 e. The maximum atomic E-state index is 13.0. The average molecular weight is 728 g/mol. The first-order valence-corrected chi connectivity index (χ1v) is 19.1. The van der Waals surface area contributed by atoms with Crippen molar-refractivity contribution in [2.75, 3.05) is 59.4 Å². The van der Waals surface area contributed by atoms with Crippen LogP contribution in [0.4, 0.5) is 9.59 Å². The highest BCUT2D eigenvalue weighted by Gasteiger charge is 2.31. The molecule has 284 valence electrons. The molecule has 3 amide bonds. The fraction of sp³-hybridized carbons (Fsp3) is 0.512. The van der Waals surface area contributed by atoms with Crippen molar-refractivity contribution in [1.29, 1.82) is 0 Å². The number of carbonyl (C=O) groups is 2. The minimum absolute atomic E-state index is 0.000616. The van der Waals surface area contributed by atoms with Gasteiger partial charge in [-0.05, 0) is 98.2 Å². The molecule has 53 heavy (non-hydrogen) atoms. The van der Waals surface area contributed by atoms with Gasteiger partial charge in [-0.2, -0.15) is 0 Å². The van der Waals surface area contributed by atoms with E-state index in [2.05, 4.69) is 52.8 Å². The zero-order valence-corrected chi connectivity index (χ0v) is 31.2. The van der Waals surface area contributed by atoms with Gasteiger partial charge in [-0.25, -0.2) is 9.59 Å². The molecule has 2 saturated heterocycles. The van der Waals surface area contributed by atoms with Crippen LogP contribution < -0.4 is 24.8 Å². The highest BCUT2D eigenvalue weighted by Crippen LogP contribution is 2.37. The maximum absolute atomic E-state index is 13.0. The van der Waals surface area contributed by atoms with Gasteiger partial charge in [-0.15, -0.1) is 0 Å². The topological polar surface area (TPSA) is 114 Å². The van der Waals surface area contributed by atoms with Crippen LogP contribution in [0.15, 0.2) is 54.6 Å². The quantitative estimate of drug-likeness (QED) is 0.335. The molecule has 0 bridgehead atoms. The molecule has 0 radical (unpaired) electrons. The Kier molecular flexibility index (Phi) is 12.0. The molecular weight excluding hydrogens is 674 g/mol. The summed E-state index contributed by atoms with van der Waals surface area (Å²) in [6.45, 7) is 13.0. The van der Waals surface area contributed by atoms with Crippen molar-refractivity contribution < 1.29 is 33.3 Å². The summed E-state index contributed by atoms with van der Waals surface area (Å²) >= 11 is 0. The summed E-state index contributed by atoms with van der Waals surface area (Å²) in [4.78, 5) is 31.0. The fourth-order valence-electron chi connectivity index (χ4n) is 7.84. The van der Waals surface area contributed by atoms with Gasteiger partial charge in [-0.1, -0.05) is 25.1 Å². The molecule has 3 aromatic carbocycles. The number of piperazine rings is 2. The lowest BCUT2D eigenvalue weighted by molar-refractivity contribution is -0.0165. The molecule has 1 atom stereocenters. The van der Waals surface area contributed by atoms with Crippen LogP contribution in [0.5, 0.6) is 17.2 Å². The molecule has 12 heteroatoms. The number of urea groups is 1. The molecule has 2 N–H and O–H groups in total. The van der Waals surface area contributed by atoms with E-state index in [1.165, 1.54) is 17.5 Å². The number of hydrogen-bond donors (Lipinski definition) is 2. The average Bonchev–Trinajstić information content (AvgIpc) is 3.66. The third-order valence-corrected chi connectivity index (χ3v) is 10.6. The van der Waals surface area contributed by atoms with E-state index in [1.807, 2.05) is 47.9 Å². The van der Waals surface area contributed by atoms with Crippen molar-refractivity contribution in [2.45, 2.75) is 77.8 Å². The zero-order valence-electron chi connectivity index (χ0n) is 31.2. The van der Waals surface area contributed by atoms with Crippen LogP contribution in [0, 0.1) is 0 Å². The Morgan fingerprint density at radius 2 is 1.49 bits per heavy atom. The lowest BCUT2D eigenvalue weighted by Gasteiger charge is -2.39. The molecule has 2 fully saturated rings. The molecule has 4 aliphatic heterocycles. The lowest BCUT2D eigenvalue weighted by Crippen LogP contribution is -2.56. The minimum Gasteiger partial charge on any atom is -0.467 e. The number of hydrogen-bond acceptors (Lipinski definition) is 9. The van der Waals surface area contributed by atoms with E-state index in [-0.39, 0.29) is 37.8 Å². The second-order valence-corrected chi connectivity index (χ2v) is 14.6. The molecule has 8 rings (SSSR count). The third-order valence-electron chi connectivity index (χ3n) is 10.6. The van der Waals surface area contributed by atoms with E-state index in [0.29, 0.717) is 38.1 Å². The number of rotatable bonds is 6. The van der Waals surface area contributed by atoms with E-state index in [4.69, 9.17) is 23.7 Å². The normalized spacial score (nSPS) is 19.6. The van der Waals surface area contributed by atoms with Gasteiger partial charge in [0.1, 0.15) is 17.2 Å². The summed E-state index contributed by atoms with van der Waals surface area (Å²) in [6, 6.07) is 19.4. The Morgan fingerprint density at radius 1 is 0.830 bits per heavy atom. The summed E-state index contributed by atoms with van der Waals surface area (Å²) in [5.41, 5.74) is 7.09. The van der Waals surface area contributed by atoms with Crippen LogP contribution in [0.2, 0.25) is 0 Å². The van der Waals surface area contributed by atoms with Gasteiger partial charge in [0.05, 0.1) is 19.3 Å². The van der Waals surface area contributed by atoms with Gasteiger partial charge in [-0.3, -0.25) is 4.90 Å². The molecule has 3 aromatic rings. The van der Waals surface area contributed by atoms with Gasteiger partial charge in [0.2, 0.25) is 0 Å². The maximum Gasteiger partial charge on any atom is 0.415 e. The van der Waals surface area contributed by atoms with Crippen molar-refractivity contribution in [3.05, 3.63) is 88.0 Å². The second kappa shape index (κ2) is 17.2. The van der Waals surface area contributed by atoms with Gasteiger partial charge in [0, 0.05) is 69.0 Å². The molecule has 0 saturated carbocycles. The molecule has 1 unspecified atom stereocenters. The van der Waals surface area contributed by atoms with Gasteiger partial charge in [0.25, 0.3) is 0 Å². The number of nitrogens with one attached hydrogen (secondary N) is 2. The van der Waals surface area contributed by atoms with Gasteiger partial charge >= 0.3 is 12.1 Å². The van der Waals surface area contributed by atoms with Crippen molar-refractivity contribution in [2.24, 2.45) is 0 Å². The Morgan fingerprint density at radius 3 is 2.13 bits per heavy atom. The molecule has 4 heterocycles. The van der Waals surface area contributed by atoms with Crippen LogP contribution in [0.25, 0.3) is 0 Å². The lowest BCUT2D eigenvalue weighted by atomic mass is 9.93. The third kappa shape index (κ3) is 8.89. The smallest absolute Gasteiger partial charge is 0.415 e. The van der Waals surface area contributed by atoms with Gasteiger partial charge in [0.15, 0.2) is 13.6 Å². The number of benzene rings is 3. The van der Waals surface area contributed by atoms with Crippen molar-refractivity contribution in [3.8, 4) is 17.2 Å². The van der Waals surface area contributed by atoms with Gasteiger partial charge < -0.3 is 44.1 Å². The van der Waals surface area contributed by atoms with Crippen molar-refractivity contribution in [1.82, 2.24) is 25.3 Å². The number of carbonyl (C=O) groups excluding carboxylic acids is 2. The number of aryl methyl sites for hydroxylation is 2. The summed E-state index contributed by atoms with van der Waals surface area (Å²) in [6.07, 6.45) is 4.07. The number of nitrogens with zero attached hydrogens (tertiary/aromatic N) is 3. The van der Waals surface area contributed by atoms with Crippen LogP contribution in [-0.4, -0.2) is 98.3 Å². The van der Waals surface area contributed by atoms with Crippen LogP contribution >= 0.6 is 0 Å². The Hall–Kier alpha value is -4.36. The number of fused-ring (bicyclic) bond motifs is 3. The highest BCUT2D eigenvalue weighted by molar-refractivity contribution is 5.75. The second-order valence-electron chi connectivity index (χ2n) is 14.6. The first-order valence-electron chi connectivity index (χ1n) is 19.1. The minimum atomic E-state index is -0.282. The zero-order chi connectivity index (χ0) is 36.7. The summed E-state index contributed by atoms with van der Waals surface area (Å²) in [5, 5.41) is 6.24. The number of amides is 3. The Labute approximate surface area is 312 Å². The van der Waals surface area contributed by atoms with Crippen molar-refractivity contribution >= 4 is 12.1 Å². The molecule has 0 aromatic heterocycles. The SMILES string of the molecule is CCC1CNCCN1C(=O)NC(C)C.O=C(Oc1ccc2c(c1)CCC2)N1CCN(C(c2ccc3c(c2)COCO3)c2ccc3c(c2)COCO3)CC1. The van der Waals surface area contributed by atoms with Crippen LogP contribution in [0.3, 0.4) is 0 Å². The van der Waals surface area contributed by atoms with E-state index in [0.717, 1.165) is 85.7 Å². The highest BCUT2D eigenvalue weighted by atomic mass is 16.7. The first kappa shape index (κ1) is 37.0. The Balaban J connectivity index is 0.000000264. The van der Waals surface area contributed by atoms with Crippen LogP contribution in [-0.2, 0) is 35.5 Å². The first-order chi connectivity index (χ1) is 25.9. The van der Waals surface area contributed by atoms with Crippen LogP contribution in [0.1, 0.15) is 73.0 Å². The summed E-state index contributed by atoms with van der Waals surface area (Å²) in [5.74, 6) is 2.38. The van der Waals surface area contributed by atoms with E-state index in [9.17, 15) is 9.59 Å². The predicted octanol–water partition coefficient (Wildman–Crippen LogP) is 5.60. The van der Waals surface area contributed by atoms with E-state index in [1.54, 1.807) is 0 Å². The molecule has 5 aliphatic rings. The standard InChI is InChI=1S/C31H32N2O6.C10H21N3O/c34-31(39-27-7-4-21-2-1-3-22(21)16-27)33-12-10-32(11-13-33)30(23-5-8-28-25(14-23)17-35-19-37-28)24-6-9-29-26(15-24)18-36-20-38-29;1-4-9-7-11-5-6-13(9)10(14)12-8(2)3/h4-9,14-16,30H,1-3,10-13,17-20H2;8-9,11H,4-7H2,1-3H3,(H,12,14). The predicted molar refractivity (Wildman–Crippen MR) is 200 cm³/mol. The summed E-state index contributed by atoms with van der Waals surface area (Å²) in [7, 11) is 0. The molecule has 1 aliphatic carbocycles. The van der Waals surface area contributed by atoms with E-state index < -0.39 is 0 Å². The monoisotopic (exact) mass is 727 g/mol.